The molecule has 1 aliphatic carbocycles. The van der Waals surface area contributed by atoms with Crippen molar-refractivity contribution in [1.82, 2.24) is 14.5 Å². The van der Waals surface area contributed by atoms with Gasteiger partial charge in [0.05, 0.1) is 11.0 Å². The van der Waals surface area contributed by atoms with E-state index < -0.39 is 0 Å². The lowest BCUT2D eigenvalue weighted by Crippen LogP contribution is -2.42. The molecule has 3 rings (SSSR count). The molecule has 23 heavy (non-hydrogen) atoms. The third-order valence-corrected chi connectivity index (χ3v) is 4.85. The zero-order chi connectivity index (χ0) is 16.4. The number of imidazole rings is 1. The first-order valence-corrected chi connectivity index (χ1v) is 8.33. The van der Waals surface area contributed by atoms with Gasteiger partial charge < -0.3 is 11.1 Å². The molecule has 0 spiro atoms. The summed E-state index contributed by atoms with van der Waals surface area (Å²) in [6, 6.07) is 7.73. The number of rotatable bonds is 5. The van der Waals surface area contributed by atoms with Gasteiger partial charge in [0.1, 0.15) is 6.54 Å². The monoisotopic (exact) mass is 316 g/mol. The molecule has 1 heterocycles. The normalized spacial score (nSPS) is 21.0. The minimum Gasteiger partial charge on any atom is -0.351 e. The van der Waals surface area contributed by atoms with Crippen LogP contribution in [0.2, 0.25) is 0 Å². The van der Waals surface area contributed by atoms with Gasteiger partial charge in [-0.3, -0.25) is 13.9 Å². The minimum atomic E-state index is -0.134. The smallest absolute Gasteiger partial charge is 0.329 e. The molecule has 3 N–H and O–H groups in total. The van der Waals surface area contributed by atoms with Crippen molar-refractivity contribution in [3.05, 3.63) is 34.7 Å². The molecule has 1 aliphatic rings. The maximum Gasteiger partial charge on any atom is 0.329 e. The predicted octanol–water partition coefficient (Wildman–Crippen LogP) is 1.07. The highest BCUT2D eigenvalue weighted by molar-refractivity contribution is 5.81. The lowest BCUT2D eigenvalue weighted by atomic mass is 10.0. The summed E-state index contributed by atoms with van der Waals surface area (Å²) in [5.41, 5.74) is 7.30. The van der Waals surface area contributed by atoms with E-state index in [4.69, 9.17) is 5.73 Å². The summed E-state index contributed by atoms with van der Waals surface area (Å²) < 4.78 is 3.25. The molecule has 1 fully saturated rings. The molecular weight excluding hydrogens is 292 g/mol. The lowest BCUT2D eigenvalue weighted by Gasteiger charge is -2.19. The van der Waals surface area contributed by atoms with Gasteiger partial charge in [-0.25, -0.2) is 4.79 Å². The molecule has 2 unspecified atom stereocenters. The first-order valence-electron chi connectivity index (χ1n) is 8.33. The van der Waals surface area contributed by atoms with Crippen LogP contribution >= 0.6 is 0 Å². The second-order valence-electron chi connectivity index (χ2n) is 6.20. The van der Waals surface area contributed by atoms with Gasteiger partial charge in [-0.05, 0) is 44.4 Å². The van der Waals surface area contributed by atoms with E-state index in [1.165, 1.54) is 0 Å². The number of benzene rings is 1. The Labute approximate surface area is 135 Å². The van der Waals surface area contributed by atoms with E-state index in [1.54, 1.807) is 9.13 Å². The topological polar surface area (TPSA) is 82.0 Å². The summed E-state index contributed by atoms with van der Waals surface area (Å²) in [5, 5.41) is 3.06. The van der Waals surface area contributed by atoms with Crippen molar-refractivity contribution in [3.63, 3.8) is 0 Å². The third kappa shape index (κ3) is 2.91. The molecular formula is C17H24N4O2. The van der Waals surface area contributed by atoms with Crippen molar-refractivity contribution in [3.8, 4) is 0 Å². The second-order valence-corrected chi connectivity index (χ2v) is 6.20. The molecule has 0 saturated heterocycles. The highest BCUT2D eigenvalue weighted by Crippen LogP contribution is 2.24. The van der Waals surface area contributed by atoms with Gasteiger partial charge in [-0.1, -0.05) is 18.6 Å². The third-order valence-electron chi connectivity index (χ3n) is 4.85. The molecule has 6 heteroatoms. The zero-order valence-electron chi connectivity index (χ0n) is 13.5. The fourth-order valence-electron chi connectivity index (χ4n) is 3.64. The number of aromatic nitrogens is 2. The summed E-state index contributed by atoms with van der Waals surface area (Å²) in [7, 11) is 0. The second kappa shape index (κ2) is 6.58. The van der Waals surface area contributed by atoms with Crippen molar-refractivity contribution in [2.24, 2.45) is 11.7 Å². The van der Waals surface area contributed by atoms with E-state index in [1.807, 2.05) is 31.2 Å². The quantitative estimate of drug-likeness (QED) is 0.865. The fraction of sp³-hybridized carbons (Fsp3) is 0.529. The molecule has 124 valence electrons. The predicted molar refractivity (Wildman–Crippen MR) is 90.2 cm³/mol. The maximum absolute atomic E-state index is 12.5. The van der Waals surface area contributed by atoms with Crippen LogP contribution in [0.1, 0.15) is 26.2 Å². The van der Waals surface area contributed by atoms with E-state index in [-0.39, 0.29) is 24.2 Å². The number of amides is 1. The number of fused-ring (bicyclic) bond motifs is 1. The van der Waals surface area contributed by atoms with E-state index in [2.05, 4.69) is 5.32 Å². The molecule has 0 radical (unpaired) electrons. The SMILES string of the molecule is CCn1c(=O)n(CC(=O)NC2CCCC2CN)c2ccccc21. The van der Waals surface area contributed by atoms with Crippen molar-refractivity contribution in [1.29, 1.82) is 0 Å². The zero-order valence-corrected chi connectivity index (χ0v) is 13.5. The Kier molecular flexibility index (Phi) is 4.52. The van der Waals surface area contributed by atoms with Crippen LogP contribution in [-0.2, 0) is 17.9 Å². The summed E-state index contributed by atoms with van der Waals surface area (Å²) >= 11 is 0. The average molecular weight is 316 g/mol. The Hall–Kier alpha value is -2.08. The van der Waals surface area contributed by atoms with Crippen molar-refractivity contribution in [2.75, 3.05) is 6.54 Å². The van der Waals surface area contributed by atoms with Crippen LogP contribution in [0.25, 0.3) is 11.0 Å². The largest absolute Gasteiger partial charge is 0.351 e. The van der Waals surface area contributed by atoms with Gasteiger partial charge in [0, 0.05) is 12.6 Å². The van der Waals surface area contributed by atoms with Crippen LogP contribution in [0.15, 0.2) is 29.1 Å². The van der Waals surface area contributed by atoms with E-state index in [0.717, 1.165) is 30.3 Å². The molecule has 0 bridgehead atoms. The van der Waals surface area contributed by atoms with Crippen LogP contribution < -0.4 is 16.7 Å². The Morgan fingerprint density at radius 2 is 1.96 bits per heavy atom. The highest BCUT2D eigenvalue weighted by atomic mass is 16.2. The first-order chi connectivity index (χ1) is 11.2. The van der Waals surface area contributed by atoms with E-state index in [0.29, 0.717) is 19.0 Å². The number of hydrogen-bond acceptors (Lipinski definition) is 3. The number of aryl methyl sites for hydroxylation is 1. The Balaban J connectivity index is 1.83. The maximum atomic E-state index is 12.5. The fourth-order valence-corrected chi connectivity index (χ4v) is 3.64. The number of hydrogen-bond donors (Lipinski definition) is 2. The van der Waals surface area contributed by atoms with Gasteiger partial charge in [0.25, 0.3) is 0 Å². The van der Waals surface area contributed by atoms with Gasteiger partial charge >= 0.3 is 5.69 Å². The Bertz CT molecular complexity index is 762. The van der Waals surface area contributed by atoms with Crippen LogP contribution in [0.4, 0.5) is 0 Å². The van der Waals surface area contributed by atoms with Crippen LogP contribution in [0, 0.1) is 5.92 Å². The number of carbonyl (C=O) groups is 1. The lowest BCUT2D eigenvalue weighted by molar-refractivity contribution is -0.122. The molecule has 1 saturated carbocycles. The van der Waals surface area contributed by atoms with Crippen molar-refractivity contribution < 1.29 is 4.79 Å². The van der Waals surface area contributed by atoms with Gasteiger partial charge in [-0.15, -0.1) is 0 Å². The van der Waals surface area contributed by atoms with Gasteiger partial charge in [-0.2, -0.15) is 0 Å². The van der Waals surface area contributed by atoms with E-state index in [9.17, 15) is 9.59 Å². The van der Waals surface area contributed by atoms with Crippen LogP contribution in [-0.4, -0.2) is 27.6 Å². The highest BCUT2D eigenvalue weighted by Gasteiger charge is 2.27. The van der Waals surface area contributed by atoms with Crippen LogP contribution in [0.3, 0.4) is 0 Å². The first kappa shape index (κ1) is 15.8. The number of para-hydroxylation sites is 2. The molecule has 2 atom stereocenters. The number of nitrogens with one attached hydrogen (secondary N) is 1. The summed E-state index contributed by atoms with van der Waals surface area (Å²) in [6.07, 6.45) is 3.14. The van der Waals surface area contributed by atoms with Crippen LogP contribution in [0.5, 0.6) is 0 Å². The van der Waals surface area contributed by atoms with Crippen molar-refractivity contribution in [2.45, 2.75) is 45.3 Å². The molecule has 1 aromatic carbocycles. The molecule has 6 nitrogen and oxygen atoms in total. The molecule has 1 aromatic heterocycles. The minimum absolute atomic E-state index is 0.0557. The Morgan fingerprint density at radius 1 is 1.26 bits per heavy atom. The number of nitrogens with zero attached hydrogens (tertiary/aromatic N) is 2. The number of nitrogens with two attached hydrogens (primary N) is 1. The van der Waals surface area contributed by atoms with Crippen molar-refractivity contribution >= 4 is 16.9 Å². The van der Waals surface area contributed by atoms with Gasteiger partial charge in [0.2, 0.25) is 5.91 Å². The summed E-state index contributed by atoms with van der Waals surface area (Å²) in [6.45, 7) is 3.18. The molecule has 0 aliphatic heterocycles. The summed E-state index contributed by atoms with van der Waals surface area (Å²) in [5.74, 6) is 0.240. The average Bonchev–Trinajstić information content (AvgIpc) is 3.10. The Morgan fingerprint density at radius 3 is 2.61 bits per heavy atom. The number of carbonyl (C=O) groups excluding carboxylic acids is 1. The standard InChI is InChI=1S/C17H24N4O2/c1-2-20-14-8-3-4-9-15(14)21(17(20)23)11-16(22)19-13-7-5-6-12(13)10-18/h3-4,8-9,12-13H,2,5-7,10-11,18H2,1H3,(H,19,22). The van der Waals surface area contributed by atoms with Gasteiger partial charge in [0.15, 0.2) is 0 Å². The summed E-state index contributed by atoms with van der Waals surface area (Å²) in [4.78, 5) is 24.9. The molecule has 2 aromatic rings. The van der Waals surface area contributed by atoms with E-state index >= 15 is 0 Å². The molecule has 1 amide bonds.